The molecule has 2 atom stereocenters. The van der Waals surface area contributed by atoms with E-state index in [1.807, 2.05) is 0 Å². The summed E-state index contributed by atoms with van der Waals surface area (Å²) in [4.78, 5) is 4.29. The van der Waals surface area contributed by atoms with E-state index in [0.717, 1.165) is 11.3 Å². The van der Waals surface area contributed by atoms with Gasteiger partial charge < -0.3 is 4.85 Å². The van der Waals surface area contributed by atoms with Gasteiger partial charge in [0.15, 0.2) is 0 Å². The van der Waals surface area contributed by atoms with Crippen LogP contribution in [0.1, 0.15) is 93.4 Å². The maximum atomic E-state index is 8.09. The Balaban J connectivity index is 1.66. The Morgan fingerprint density at radius 2 is 1.50 bits per heavy atom. The fourth-order valence-corrected chi connectivity index (χ4v) is 10.5. The lowest BCUT2D eigenvalue weighted by atomic mass is 9.86. The molecule has 1 nitrogen and oxygen atoms in total. The SMILES string of the molecule is [C-]#[N+]C1c2cc(C)ccc2CCC1P(C1CCCCC1)C1CCCCC1. The van der Waals surface area contributed by atoms with Crippen LogP contribution in [0.15, 0.2) is 18.2 Å². The van der Waals surface area contributed by atoms with Gasteiger partial charge in [-0.15, -0.1) is 0 Å². The van der Waals surface area contributed by atoms with Gasteiger partial charge in [0.1, 0.15) is 0 Å². The van der Waals surface area contributed by atoms with Crippen LogP contribution in [0.4, 0.5) is 0 Å². The Hall–Kier alpha value is -0.860. The molecule has 1 aromatic carbocycles. The van der Waals surface area contributed by atoms with E-state index in [9.17, 15) is 0 Å². The van der Waals surface area contributed by atoms with Crippen molar-refractivity contribution in [3.05, 3.63) is 46.3 Å². The van der Waals surface area contributed by atoms with Crippen LogP contribution >= 0.6 is 7.92 Å². The first-order chi connectivity index (χ1) is 12.8. The summed E-state index contributed by atoms with van der Waals surface area (Å²) in [6.07, 6.45) is 17.0. The van der Waals surface area contributed by atoms with Crippen LogP contribution < -0.4 is 0 Å². The number of benzene rings is 1. The van der Waals surface area contributed by atoms with Gasteiger partial charge in [0.05, 0.1) is 5.66 Å². The van der Waals surface area contributed by atoms with Crippen molar-refractivity contribution >= 4 is 7.92 Å². The molecule has 26 heavy (non-hydrogen) atoms. The third kappa shape index (κ3) is 3.73. The van der Waals surface area contributed by atoms with Crippen LogP contribution in [0.2, 0.25) is 0 Å². The number of fused-ring (bicyclic) bond motifs is 1. The molecule has 3 aliphatic rings. The second-order valence-electron chi connectivity index (χ2n) is 8.91. The van der Waals surface area contributed by atoms with E-state index in [4.69, 9.17) is 6.57 Å². The fourth-order valence-electron chi connectivity index (χ4n) is 5.95. The van der Waals surface area contributed by atoms with Gasteiger partial charge in [0, 0.05) is 5.56 Å². The molecule has 0 amide bonds. The minimum Gasteiger partial charge on any atom is -0.308 e. The number of hydrogen-bond donors (Lipinski definition) is 0. The van der Waals surface area contributed by atoms with E-state index in [1.165, 1.54) is 93.7 Å². The van der Waals surface area contributed by atoms with Crippen LogP contribution in [0.3, 0.4) is 0 Å². The van der Waals surface area contributed by atoms with Crippen molar-refractivity contribution < 1.29 is 0 Å². The molecule has 0 bridgehead atoms. The number of nitrogens with zero attached hydrogens (tertiary/aromatic N) is 1. The van der Waals surface area contributed by atoms with Crippen LogP contribution in [0.5, 0.6) is 0 Å². The molecule has 0 aliphatic heterocycles. The maximum absolute atomic E-state index is 8.09. The third-order valence-electron chi connectivity index (χ3n) is 7.21. The lowest BCUT2D eigenvalue weighted by Gasteiger charge is -2.44. The molecule has 0 heterocycles. The molecule has 3 aliphatic carbocycles. The molecule has 2 heteroatoms. The summed E-state index contributed by atoms with van der Waals surface area (Å²) < 4.78 is 0. The topological polar surface area (TPSA) is 4.36 Å². The Bertz CT molecular complexity index is 631. The van der Waals surface area contributed by atoms with Crippen molar-refractivity contribution in [1.29, 1.82) is 0 Å². The highest BCUT2D eigenvalue weighted by molar-refractivity contribution is 7.60. The van der Waals surface area contributed by atoms with E-state index in [2.05, 4.69) is 30.0 Å². The van der Waals surface area contributed by atoms with E-state index in [-0.39, 0.29) is 14.0 Å². The predicted molar refractivity (Wildman–Crippen MR) is 113 cm³/mol. The molecule has 2 saturated carbocycles. The van der Waals surface area contributed by atoms with E-state index < -0.39 is 0 Å². The summed E-state index contributed by atoms with van der Waals surface area (Å²) in [7, 11) is -0.00814. The molecular formula is C24H34NP. The molecule has 2 fully saturated rings. The van der Waals surface area contributed by atoms with Crippen molar-refractivity contribution in [1.82, 2.24) is 0 Å². The minimum absolute atomic E-state index is 0.00814. The fraction of sp³-hybridized carbons (Fsp3) is 0.708. The van der Waals surface area contributed by atoms with Crippen molar-refractivity contribution in [3.8, 4) is 0 Å². The average molecular weight is 368 g/mol. The summed E-state index contributed by atoms with van der Waals surface area (Å²) in [6.45, 7) is 10.3. The summed E-state index contributed by atoms with van der Waals surface area (Å²) in [6, 6.07) is 7.04. The zero-order chi connectivity index (χ0) is 17.9. The highest BCUT2D eigenvalue weighted by Gasteiger charge is 2.45. The van der Waals surface area contributed by atoms with Crippen LogP contribution in [0, 0.1) is 13.5 Å². The van der Waals surface area contributed by atoms with Gasteiger partial charge in [-0.1, -0.05) is 64.1 Å². The second-order valence-corrected chi connectivity index (χ2v) is 11.9. The molecule has 1 aromatic rings. The summed E-state index contributed by atoms with van der Waals surface area (Å²) in [5, 5.41) is 0. The van der Waals surface area contributed by atoms with Crippen LogP contribution in [-0.4, -0.2) is 17.0 Å². The molecular weight excluding hydrogens is 333 g/mol. The second kappa shape index (κ2) is 8.44. The standard InChI is InChI=1S/C24H34NP/c1-18-13-14-19-15-16-23(24(25-2)22(19)17-18)26(20-9-5-3-6-10-20)21-11-7-4-8-12-21/h13-14,17,20-21,23-24H,3-12,15-16H2,1H3. The molecule has 2 unspecified atom stereocenters. The zero-order valence-electron chi connectivity index (χ0n) is 16.4. The number of aryl methyl sites for hydroxylation is 2. The Morgan fingerprint density at radius 3 is 2.08 bits per heavy atom. The van der Waals surface area contributed by atoms with Gasteiger partial charge in [-0.3, -0.25) is 0 Å². The molecule has 0 saturated heterocycles. The van der Waals surface area contributed by atoms with Gasteiger partial charge in [-0.25, -0.2) is 6.57 Å². The molecule has 0 aromatic heterocycles. The first kappa shape index (κ1) is 18.5. The first-order valence-electron chi connectivity index (χ1n) is 11.0. The van der Waals surface area contributed by atoms with Crippen molar-refractivity contribution in [2.45, 2.75) is 107 Å². The largest absolute Gasteiger partial charge is 0.308 e. The van der Waals surface area contributed by atoms with E-state index in [0.29, 0.717) is 5.66 Å². The molecule has 0 spiro atoms. The minimum atomic E-state index is -0.00814. The predicted octanol–water partition coefficient (Wildman–Crippen LogP) is 7.42. The van der Waals surface area contributed by atoms with Crippen molar-refractivity contribution in [3.63, 3.8) is 0 Å². The van der Waals surface area contributed by atoms with Crippen LogP contribution in [-0.2, 0) is 6.42 Å². The Morgan fingerprint density at radius 1 is 0.885 bits per heavy atom. The van der Waals surface area contributed by atoms with E-state index in [1.54, 1.807) is 0 Å². The van der Waals surface area contributed by atoms with Crippen LogP contribution in [0.25, 0.3) is 4.85 Å². The molecule has 4 rings (SSSR count). The summed E-state index contributed by atoms with van der Waals surface area (Å²) in [5.41, 5.74) is 6.79. The quantitative estimate of drug-likeness (QED) is 0.387. The highest BCUT2D eigenvalue weighted by Crippen LogP contribution is 2.64. The molecule has 0 N–H and O–H groups in total. The van der Waals surface area contributed by atoms with Gasteiger partial charge in [0.2, 0.25) is 0 Å². The molecule has 140 valence electrons. The Labute approximate surface area is 161 Å². The Kier molecular flexibility index (Phi) is 6.00. The van der Waals surface area contributed by atoms with E-state index >= 15 is 0 Å². The van der Waals surface area contributed by atoms with Gasteiger partial charge >= 0.3 is 0 Å². The average Bonchev–Trinajstić information content (AvgIpc) is 2.69. The lowest BCUT2D eigenvalue weighted by Crippen LogP contribution is -2.32. The zero-order valence-corrected chi connectivity index (χ0v) is 17.3. The first-order valence-corrected chi connectivity index (χ1v) is 12.6. The lowest BCUT2D eigenvalue weighted by molar-refractivity contribution is 0.474. The monoisotopic (exact) mass is 367 g/mol. The van der Waals surface area contributed by atoms with Gasteiger partial charge in [-0.2, -0.15) is 0 Å². The summed E-state index contributed by atoms with van der Waals surface area (Å²) in [5.74, 6) is 0. The smallest absolute Gasteiger partial charge is 0.255 e. The third-order valence-corrected chi connectivity index (χ3v) is 11.2. The highest BCUT2D eigenvalue weighted by atomic mass is 31.1. The normalized spacial score (nSPS) is 27.9. The number of rotatable bonds is 3. The molecule has 0 radical (unpaired) electrons. The van der Waals surface area contributed by atoms with Gasteiger partial charge in [-0.05, 0) is 68.4 Å². The summed E-state index contributed by atoms with van der Waals surface area (Å²) >= 11 is 0. The van der Waals surface area contributed by atoms with Crippen molar-refractivity contribution in [2.24, 2.45) is 0 Å². The maximum Gasteiger partial charge on any atom is 0.255 e. The van der Waals surface area contributed by atoms with Crippen molar-refractivity contribution in [2.75, 3.05) is 0 Å². The van der Waals surface area contributed by atoms with Gasteiger partial charge in [0.25, 0.3) is 6.04 Å². The number of hydrogen-bond acceptors (Lipinski definition) is 0.